The number of aromatic nitrogens is 4. The standard InChI is InChI=1S/C32H50N6O2/c1-4-6-7-8-9-10-11-12-13-14-15-16-17-21-25-38-28-29(37(3)32(40)34-30(28)39)33-31(38)36-35-27(22-5-2)26-23-19-18-20-24-26/h18-20,23-24H,4-17,21-22,25H2,1-3H3,(H,33,36)(H,34,39,40). The van der Waals surface area contributed by atoms with Crippen LogP contribution in [0.4, 0.5) is 5.95 Å². The Labute approximate surface area is 239 Å². The highest BCUT2D eigenvalue weighted by Gasteiger charge is 2.17. The number of nitrogens with one attached hydrogen (secondary N) is 2. The van der Waals surface area contributed by atoms with Crippen LogP contribution >= 0.6 is 0 Å². The summed E-state index contributed by atoms with van der Waals surface area (Å²) in [5.74, 6) is 0.487. The quantitative estimate of drug-likeness (QED) is 0.0863. The monoisotopic (exact) mass is 550 g/mol. The van der Waals surface area contributed by atoms with Gasteiger partial charge in [-0.05, 0) is 18.4 Å². The highest BCUT2D eigenvalue weighted by Crippen LogP contribution is 2.19. The van der Waals surface area contributed by atoms with Crippen molar-refractivity contribution < 1.29 is 0 Å². The van der Waals surface area contributed by atoms with Crippen molar-refractivity contribution >= 4 is 22.8 Å². The molecule has 2 heterocycles. The van der Waals surface area contributed by atoms with E-state index >= 15 is 0 Å². The average Bonchev–Trinajstić information content (AvgIpc) is 3.33. The van der Waals surface area contributed by atoms with Gasteiger partial charge in [-0.15, -0.1) is 0 Å². The molecule has 0 bridgehead atoms. The second kappa shape index (κ2) is 17.5. The lowest BCUT2D eigenvalue weighted by molar-refractivity contribution is 0.526. The molecular formula is C32H50N6O2. The van der Waals surface area contributed by atoms with Crippen molar-refractivity contribution in [2.45, 2.75) is 123 Å². The summed E-state index contributed by atoms with van der Waals surface area (Å²) in [6.45, 7) is 5.03. The fourth-order valence-electron chi connectivity index (χ4n) is 5.25. The predicted octanol–water partition coefficient (Wildman–Crippen LogP) is 7.52. The zero-order chi connectivity index (χ0) is 28.6. The molecule has 40 heavy (non-hydrogen) atoms. The Bertz CT molecular complexity index is 1290. The molecule has 0 spiro atoms. The van der Waals surface area contributed by atoms with Gasteiger partial charge in [0, 0.05) is 13.6 Å². The van der Waals surface area contributed by atoms with E-state index in [4.69, 9.17) is 5.10 Å². The number of rotatable bonds is 20. The topological polar surface area (TPSA) is 97.1 Å². The number of hydrazone groups is 1. The molecule has 2 aromatic heterocycles. The fraction of sp³-hybridized carbons (Fsp3) is 0.625. The number of unbranched alkanes of at least 4 members (excludes halogenated alkanes) is 13. The molecule has 8 nitrogen and oxygen atoms in total. The second-order valence-corrected chi connectivity index (χ2v) is 11.0. The van der Waals surface area contributed by atoms with E-state index in [1.54, 1.807) is 7.05 Å². The van der Waals surface area contributed by atoms with E-state index in [0.29, 0.717) is 23.7 Å². The van der Waals surface area contributed by atoms with Gasteiger partial charge < -0.3 is 4.57 Å². The molecule has 8 heteroatoms. The number of aryl methyl sites for hydroxylation is 2. The third-order valence-corrected chi connectivity index (χ3v) is 7.63. The molecule has 0 saturated carbocycles. The van der Waals surface area contributed by atoms with Gasteiger partial charge in [0.2, 0.25) is 5.95 Å². The summed E-state index contributed by atoms with van der Waals surface area (Å²) in [6.07, 6.45) is 19.9. The molecule has 3 rings (SSSR count). The van der Waals surface area contributed by atoms with Crippen LogP contribution in [0.3, 0.4) is 0 Å². The van der Waals surface area contributed by atoms with Crippen LogP contribution in [0.1, 0.15) is 122 Å². The van der Waals surface area contributed by atoms with Crippen molar-refractivity contribution in [3.63, 3.8) is 0 Å². The summed E-state index contributed by atoms with van der Waals surface area (Å²) in [5, 5.41) is 4.69. The van der Waals surface area contributed by atoms with Crippen LogP contribution in [0.2, 0.25) is 0 Å². The van der Waals surface area contributed by atoms with Crippen molar-refractivity contribution in [3.05, 3.63) is 56.7 Å². The Kier molecular flexibility index (Phi) is 13.7. The Balaban J connectivity index is 1.56. The van der Waals surface area contributed by atoms with Gasteiger partial charge in [-0.2, -0.15) is 10.1 Å². The SMILES string of the molecule is CCCCCCCCCCCCCCCCn1c(NN=C(CCC)c2ccccc2)nc2c1c(=O)[nH]c(=O)n2C. The number of hydrogen-bond acceptors (Lipinski definition) is 5. The summed E-state index contributed by atoms with van der Waals surface area (Å²) in [7, 11) is 1.63. The van der Waals surface area contributed by atoms with Crippen LogP contribution in [0.15, 0.2) is 45.0 Å². The van der Waals surface area contributed by atoms with Crippen LogP contribution in [-0.4, -0.2) is 24.8 Å². The van der Waals surface area contributed by atoms with E-state index in [2.05, 4.69) is 29.2 Å². The highest BCUT2D eigenvalue weighted by atomic mass is 16.2. The van der Waals surface area contributed by atoms with E-state index in [1.165, 1.54) is 81.6 Å². The first-order valence-electron chi connectivity index (χ1n) is 15.6. The molecule has 0 fully saturated rings. The fourth-order valence-corrected chi connectivity index (χ4v) is 5.25. The van der Waals surface area contributed by atoms with E-state index in [-0.39, 0.29) is 0 Å². The molecule has 0 amide bonds. The van der Waals surface area contributed by atoms with Crippen molar-refractivity contribution in [2.24, 2.45) is 12.1 Å². The lowest BCUT2D eigenvalue weighted by Crippen LogP contribution is -2.29. The average molecular weight is 551 g/mol. The van der Waals surface area contributed by atoms with Crippen molar-refractivity contribution in [1.29, 1.82) is 0 Å². The Morgan fingerprint density at radius 1 is 0.825 bits per heavy atom. The van der Waals surface area contributed by atoms with Gasteiger partial charge >= 0.3 is 5.69 Å². The molecule has 3 aromatic rings. The molecule has 0 aliphatic carbocycles. The molecule has 0 aliphatic heterocycles. The summed E-state index contributed by atoms with van der Waals surface area (Å²) >= 11 is 0. The largest absolute Gasteiger partial charge is 0.329 e. The third kappa shape index (κ3) is 9.49. The van der Waals surface area contributed by atoms with E-state index in [0.717, 1.165) is 37.0 Å². The third-order valence-electron chi connectivity index (χ3n) is 7.63. The van der Waals surface area contributed by atoms with E-state index in [9.17, 15) is 9.59 Å². The van der Waals surface area contributed by atoms with Crippen LogP contribution in [-0.2, 0) is 13.6 Å². The minimum Gasteiger partial charge on any atom is -0.303 e. The summed E-state index contributed by atoms with van der Waals surface area (Å²) in [4.78, 5) is 32.1. The Morgan fingerprint density at radius 3 is 1.98 bits per heavy atom. The first-order valence-corrected chi connectivity index (χ1v) is 15.6. The molecular weight excluding hydrogens is 500 g/mol. The summed E-state index contributed by atoms with van der Waals surface area (Å²) in [6, 6.07) is 10.1. The molecule has 220 valence electrons. The number of anilines is 1. The number of imidazole rings is 1. The zero-order valence-corrected chi connectivity index (χ0v) is 25.0. The minimum absolute atomic E-state index is 0.369. The van der Waals surface area contributed by atoms with Gasteiger partial charge in [-0.3, -0.25) is 14.3 Å². The van der Waals surface area contributed by atoms with Crippen LogP contribution < -0.4 is 16.7 Å². The van der Waals surface area contributed by atoms with Gasteiger partial charge in [0.1, 0.15) is 0 Å². The molecule has 0 unspecified atom stereocenters. The van der Waals surface area contributed by atoms with Gasteiger partial charge in [0.15, 0.2) is 11.2 Å². The summed E-state index contributed by atoms with van der Waals surface area (Å²) < 4.78 is 3.27. The van der Waals surface area contributed by atoms with Gasteiger partial charge in [0.25, 0.3) is 5.56 Å². The molecule has 0 atom stereocenters. The number of fused-ring (bicyclic) bond motifs is 1. The Morgan fingerprint density at radius 2 is 1.40 bits per heavy atom. The molecule has 0 aliphatic rings. The maximum absolute atomic E-state index is 12.8. The van der Waals surface area contributed by atoms with Crippen molar-refractivity contribution in [3.8, 4) is 0 Å². The Hall–Kier alpha value is -3.16. The lowest BCUT2D eigenvalue weighted by atomic mass is 10.0. The number of hydrogen-bond donors (Lipinski definition) is 2. The van der Waals surface area contributed by atoms with Gasteiger partial charge in [0.05, 0.1) is 5.71 Å². The molecule has 1 aromatic carbocycles. The predicted molar refractivity (Wildman–Crippen MR) is 167 cm³/mol. The number of H-pyrrole nitrogens is 1. The second-order valence-electron chi connectivity index (χ2n) is 11.0. The number of nitrogens with zero attached hydrogens (tertiary/aromatic N) is 4. The number of aromatic amines is 1. The van der Waals surface area contributed by atoms with Gasteiger partial charge in [-0.25, -0.2) is 10.2 Å². The van der Waals surface area contributed by atoms with Crippen LogP contribution in [0.25, 0.3) is 11.2 Å². The number of benzene rings is 1. The summed E-state index contributed by atoms with van der Waals surface area (Å²) in [5.41, 5.74) is 5.01. The minimum atomic E-state index is -0.468. The molecule has 0 radical (unpaired) electrons. The molecule has 0 saturated heterocycles. The zero-order valence-electron chi connectivity index (χ0n) is 25.0. The van der Waals surface area contributed by atoms with Gasteiger partial charge in [-0.1, -0.05) is 134 Å². The van der Waals surface area contributed by atoms with Crippen molar-refractivity contribution in [1.82, 2.24) is 19.1 Å². The van der Waals surface area contributed by atoms with Crippen LogP contribution in [0.5, 0.6) is 0 Å². The molecule has 2 N–H and O–H groups in total. The lowest BCUT2D eigenvalue weighted by Gasteiger charge is -2.10. The maximum Gasteiger partial charge on any atom is 0.329 e. The van der Waals surface area contributed by atoms with E-state index in [1.807, 2.05) is 34.9 Å². The normalized spacial score (nSPS) is 11.9. The first-order chi connectivity index (χ1) is 19.6. The van der Waals surface area contributed by atoms with Crippen LogP contribution in [0, 0.1) is 0 Å². The van der Waals surface area contributed by atoms with Crippen molar-refractivity contribution in [2.75, 3.05) is 5.43 Å². The van der Waals surface area contributed by atoms with E-state index < -0.39 is 11.2 Å². The maximum atomic E-state index is 12.8. The highest BCUT2D eigenvalue weighted by molar-refractivity contribution is 6.00. The smallest absolute Gasteiger partial charge is 0.303 e. The first kappa shape index (κ1) is 31.4.